The summed E-state index contributed by atoms with van der Waals surface area (Å²) in [7, 11) is 0. The Balaban J connectivity index is 1.17. The van der Waals surface area contributed by atoms with E-state index in [1.165, 1.54) is 92.2 Å². The first-order valence-electron chi connectivity index (χ1n) is 15.8. The van der Waals surface area contributed by atoms with Crippen LogP contribution in [0.4, 0.5) is 0 Å². The largest absolute Gasteiger partial charge is 0.309 e. The predicted molar refractivity (Wildman–Crippen MR) is 196 cm³/mol. The molecule has 214 valence electrons. The summed E-state index contributed by atoms with van der Waals surface area (Å²) in [6.07, 6.45) is 0. The fourth-order valence-corrected chi connectivity index (χ4v) is 8.65. The van der Waals surface area contributed by atoms with Gasteiger partial charge in [-0.15, -0.1) is 0 Å². The minimum absolute atomic E-state index is 1.18. The number of hydrogen-bond acceptors (Lipinski definition) is 1. The Labute approximate surface area is 271 Å². The maximum absolute atomic E-state index is 2.39. The topological polar surface area (TPSA) is 4.93 Å². The number of nitrogens with zero attached hydrogens (tertiary/aromatic N) is 1. The highest BCUT2D eigenvalue weighted by molar-refractivity contribution is 7.99. The van der Waals surface area contributed by atoms with Gasteiger partial charge >= 0.3 is 0 Å². The minimum atomic E-state index is 1.18. The van der Waals surface area contributed by atoms with Crippen molar-refractivity contribution < 1.29 is 0 Å². The van der Waals surface area contributed by atoms with Crippen LogP contribution in [0.5, 0.6) is 0 Å². The van der Waals surface area contributed by atoms with E-state index >= 15 is 0 Å². The lowest BCUT2D eigenvalue weighted by Crippen LogP contribution is -1.94. The molecule has 2 heterocycles. The number of benzene rings is 8. The average molecular weight is 602 g/mol. The van der Waals surface area contributed by atoms with Crippen LogP contribution in [0.2, 0.25) is 0 Å². The highest BCUT2D eigenvalue weighted by atomic mass is 32.2. The zero-order valence-electron chi connectivity index (χ0n) is 24.9. The summed E-state index contributed by atoms with van der Waals surface area (Å²) in [5, 5.41) is 7.71. The number of para-hydroxylation sites is 2. The molecule has 2 heteroatoms. The first-order chi connectivity index (χ1) is 22.8. The second-order valence-corrected chi connectivity index (χ2v) is 13.2. The van der Waals surface area contributed by atoms with Gasteiger partial charge in [0, 0.05) is 31.6 Å². The van der Waals surface area contributed by atoms with Gasteiger partial charge in [0.05, 0.1) is 11.0 Å². The van der Waals surface area contributed by atoms with Crippen molar-refractivity contribution >= 4 is 55.1 Å². The molecule has 0 spiro atoms. The summed E-state index contributed by atoms with van der Waals surface area (Å²) < 4.78 is 2.39. The first-order valence-corrected chi connectivity index (χ1v) is 16.6. The monoisotopic (exact) mass is 601 g/mol. The third kappa shape index (κ3) is 3.77. The normalized spacial score (nSPS) is 12.3. The minimum Gasteiger partial charge on any atom is -0.309 e. The molecule has 0 aliphatic carbocycles. The van der Waals surface area contributed by atoms with Gasteiger partial charge in [-0.3, -0.25) is 0 Å². The molecule has 9 aromatic rings. The van der Waals surface area contributed by atoms with Crippen molar-refractivity contribution in [1.82, 2.24) is 4.57 Å². The molecule has 0 N–H and O–H groups in total. The molecule has 1 aromatic heterocycles. The lowest BCUT2D eigenvalue weighted by molar-refractivity contribution is 1.18. The van der Waals surface area contributed by atoms with Crippen LogP contribution in [0.3, 0.4) is 0 Å². The molecule has 10 rings (SSSR count). The first kappa shape index (κ1) is 25.7. The van der Waals surface area contributed by atoms with Crippen LogP contribution in [0, 0.1) is 0 Å². The standard InChI is InChI=1S/C44H27NS/c1-2-11-31(12-3-1)45-40-19-8-6-15-35(40)39-26-30-25-29(22-21-28(30)27-41(39)45)32-13-4-5-14-33(32)34-23-24-43-44-37(34)17-10-18-38(44)36-16-7-9-20-42(36)46-43/h1-27H. The number of hydrogen-bond donors (Lipinski definition) is 0. The van der Waals surface area contributed by atoms with Crippen molar-refractivity contribution in [3.63, 3.8) is 0 Å². The second-order valence-electron chi connectivity index (χ2n) is 12.1. The highest BCUT2D eigenvalue weighted by Gasteiger charge is 2.21. The van der Waals surface area contributed by atoms with E-state index in [9.17, 15) is 0 Å². The number of fused-ring (bicyclic) bond motifs is 6. The molecule has 0 atom stereocenters. The summed E-state index contributed by atoms with van der Waals surface area (Å²) in [5.41, 5.74) is 11.3. The third-order valence-electron chi connectivity index (χ3n) is 9.57. The highest BCUT2D eigenvalue weighted by Crippen LogP contribution is 2.50. The Morgan fingerprint density at radius 3 is 2.02 bits per heavy atom. The van der Waals surface area contributed by atoms with Crippen LogP contribution in [0.1, 0.15) is 0 Å². The van der Waals surface area contributed by atoms with Gasteiger partial charge in [0.1, 0.15) is 0 Å². The van der Waals surface area contributed by atoms with Crippen molar-refractivity contribution in [3.8, 4) is 39.1 Å². The van der Waals surface area contributed by atoms with E-state index in [2.05, 4.69) is 168 Å². The van der Waals surface area contributed by atoms with Gasteiger partial charge in [0.2, 0.25) is 0 Å². The van der Waals surface area contributed by atoms with Crippen molar-refractivity contribution in [2.45, 2.75) is 9.79 Å². The van der Waals surface area contributed by atoms with Gasteiger partial charge in [-0.25, -0.2) is 0 Å². The molecule has 0 amide bonds. The fourth-order valence-electron chi connectivity index (χ4n) is 7.52. The smallest absolute Gasteiger partial charge is 0.0547 e. The van der Waals surface area contributed by atoms with Crippen LogP contribution >= 0.6 is 11.8 Å². The van der Waals surface area contributed by atoms with Gasteiger partial charge in [0.25, 0.3) is 0 Å². The van der Waals surface area contributed by atoms with Crippen molar-refractivity contribution in [2.75, 3.05) is 0 Å². The molecule has 1 aliphatic rings. The van der Waals surface area contributed by atoms with Gasteiger partial charge in [-0.2, -0.15) is 0 Å². The van der Waals surface area contributed by atoms with Crippen LogP contribution in [0.15, 0.2) is 174 Å². The lowest BCUT2D eigenvalue weighted by atomic mass is 9.88. The second kappa shape index (κ2) is 9.97. The zero-order valence-corrected chi connectivity index (χ0v) is 25.8. The summed E-state index contributed by atoms with van der Waals surface area (Å²) in [6, 6.07) is 60.2. The van der Waals surface area contributed by atoms with E-state index in [0.29, 0.717) is 0 Å². The average Bonchev–Trinajstić information content (AvgIpc) is 3.44. The third-order valence-corrected chi connectivity index (χ3v) is 10.7. The van der Waals surface area contributed by atoms with Crippen LogP contribution in [0.25, 0.3) is 82.4 Å². The van der Waals surface area contributed by atoms with E-state index in [1.54, 1.807) is 0 Å². The summed E-state index contributed by atoms with van der Waals surface area (Å²) in [4.78, 5) is 2.66. The van der Waals surface area contributed by atoms with E-state index in [1.807, 2.05) is 11.8 Å². The molecule has 0 saturated heterocycles. The van der Waals surface area contributed by atoms with Gasteiger partial charge in [-0.05, 0) is 98.1 Å². The van der Waals surface area contributed by atoms with Crippen molar-refractivity contribution in [2.24, 2.45) is 0 Å². The van der Waals surface area contributed by atoms with Crippen molar-refractivity contribution in [3.05, 3.63) is 164 Å². The molecule has 0 radical (unpaired) electrons. The zero-order chi connectivity index (χ0) is 30.2. The van der Waals surface area contributed by atoms with E-state index < -0.39 is 0 Å². The predicted octanol–water partition coefficient (Wildman–Crippen LogP) is 12.6. The van der Waals surface area contributed by atoms with Crippen LogP contribution < -0.4 is 0 Å². The molecule has 0 saturated carbocycles. The van der Waals surface area contributed by atoms with E-state index in [0.717, 1.165) is 0 Å². The fraction of sp³-hybridized carbons (Fsp3) is 0. The van der Waals surface area contributed by atoms with Crippen molar-refractivity contribution in [1.29, 1.82) is 0 Å². The SMILES string of the molecule is c1ccc(-n2c3ccccc3c3cc4cc(-c5ccccc5-c5ccc6c7c(cccc57)-c5ccccc5S6)ccc4cc32)cc1. The van der Waals surface area contributed by atoms with E-state index in [4.69, 9.17) is 0 Å². The molecule has 0 bridgehead atoms. The molecule has 0 fully saturated rings. The molecular formula is C44H27NS. The Morgan fingerprint density at radius 2 is 1.11 bits per heavy atom. The van der Waals surface area contributed by atoms with Gasteiger partial charge in [0.15, 0.2) is 0 Å². The Bertz CT molecular complexity index is 2660. The summed E-state index contributed by atoms with van der Waals surface area (Å²) in [6.45, 7) is 0. The quantitative estimate of drug-likeness (QED) is 0.195. The molecule has 8 aromatic carbocycles. The summed E-state index contributed by atoms with van der Waals surface area (Å²) in [5.74, 6) is 0. The number of rotatable bonds is 3. The molecule has 0 unspecified atom stereocenters. The Morgan fingerprint density at radius 1 is 0.370 bits per heavy atom. The molecule has 1 aliphatic heterocycles. The van der Waals surface area contributed by atoms with Crippen LogP contribution in [-0.2, 0) is 0 Å². The van der Waals surface area contributed by atoms with Gasteiger partial charge < -0.3 is 4.57 Å². The summed E-state index contributed by atoms with van der Waals surface area (Å²) >= 11 is 1.88. The number of aromatic nitrogens is 1. The lowest BCUT2D eigenvalue weighted by Gasteiger charge is -2.22. The van der Waals surface area contributed by atoms with Gasteiger partial charge in [-0.1, -0.05) is 127 Å². The maximum Gasteiger partial charge on any atom is 0.0547 e. The van der Waals surface area contributed by atoms with E-state index in [-0.39, 0.29) is 0 Å². The Kier molecular flexibility index (Phi) is 5.58. The Hall–Kier alpha value is -5.57. The van der Waals surface area contributed by atoms with Crippen LogP contribution in [-0.4, -0.2) is 4.57 Å². The molecular weight excluding hydrogens is 575 g/mol. The molecule has 1 nitrogen and oxygen atoms in total. The molecule has 46 heavy (non-hydrogen) atoms. The maximum atomic E-state index is 2.39.